The van der Waals surface area contributed by atoms with Crippen LogP contribution in [0.3, 0.4) is 0 Å². The van der Waals surface area contributed by atoms with Crippen LogP contribution in [-0.2, 0) is 0 Å². The molecular formula is C24H22N6O2. The average molecular weight is 426 g/mol. The highest BCUT2D eigenvalue weighted by Crippen LogP contribution is 2.62. The van der Waals surface area contributed by atoms with Gasteiger partial charge in [0.25, 0.3) is 11.5 Å². The summed E-state index contributed by atoms with van der Waals surface area (Å²) in [6.45, 7) is 0. The first kappa shape index (κ1) is 18.9. The van der Waals surface area contributed by atoms with Crippen molar-refractivity contribution in [3.8, 4) is 5.82 Å². The van der Waals surface area contributed by atoms with E-state index in [4.69, 9.17) is 0 Å². The van der Waals surface area contributed by atoms with Crippen molar-refractivity contribution in [1.82, 2.24) is 30.3 Å². The number of benzene rings is 1. The number of hydrogen-bond acceptors (Lipinski definition) is 5. The summed E-state index contributed by atoms with van der Waals surface area (Å²) in [5, 5.41) is 15.9. The number of nitrogens with zero attached hydrogens (tertiary/aromatic N) is 4. The van der Waals surface area contributed by atoms with Gasteiger partial charge in [0.05, 0.1) is 16.6 Å². The molecule has 0 bridgehead atoms. The molecule has 0 radical (unpaired) electrons. The van der Waals surface area contributed by atoms with Gasteiger partial charge in [-0.1, -0.05) is 18.2 Å². The maximum absolute atomic E-state index is 12.6. The van der Waals surface area contributed by atoms with Crippen LogP contribution < -0.4 is 10.9 Å². The van der Waals surface area contributed by atoms with Crippen LogP contribution in [0.15, 0.2) is 65.8 Å². The molecule has 0 aliphatic heterocycles. The van der Waals surface area contributed by atoms with Gasteiger partial charge < -0.3 is 5.32 Å². The molecule has 1 spiro atoms. The van der Waals surface area contributed by atoms with E-state index < -0.39 is 0 Å². The number of carbonyl (C=O) groups is 1. The molecule has 6 rings (SSSR count). The molecular weight excluding hydrogens is 404 g/mol. The minimum absolute atomic E-state index is 0.0893. The number of carbonyl (C=O) groups excluding carboxylic acids is 1. The molecule has 0 atom stereocenters. The number of pyridine rings is 1. The molecule has 4 aromatic rings. The summed E-state index contributed by atoms with van der Waals surface area (Å²) in [5.41, 5.74) is 1.68. The van der Waals surface area contributed by atoms with Gasteiger partial charge >= 0.3 is 0 Å². The molecule has 32 heavy (non-hydrogen) atoms. The van der Waals surface area contributed by atoms with Crippen molar-refractivity contribution in [3.63, 3.8) is 0 Å². The Morgan fingerprint density at radius 2 is 1.88 bits per heavy atom. The number of fused-ring (bicyclic) bond motifs is 1. The number of hydrogen-bond donors (Lipinski definition) is 2. The number of amides is 1. The van der Waals surface area contributed by atoms with E-state index in [1.165, 1.54) is 0 Å². The number of aromatic nitrogens is 5. The summed E-state index contributed by atoms with van der Waals surface area (Å²) < 4.78 is 1.66. The molecule has 3 aromatic heterocycles. The second-order valence-corrected chi connectivity index (χ2v) is 9.02. The van der Waals surface area contributed by atoms with Gasteiger partial charge in [-0.05, 0) is 55.4 Å². The lowest BCUT2D eigenvalue weighted by Gasteiger charge is -2.57. The van der Waals surface area contributed by atoms with Crippen molar-refractivity contribution < 1.29 is 4.79 Å². The Morgan fingerprint density at radius 1 is 1.06 bits per heavy atom. The average Bonchev–Trinajstić information content (AvgIpc) is 3.30. The summed E-state index contributed by atoms with van der Waals surface area (Å²) >= 11 is 0. The molecule has 8 heteroatoms. The third kappa shape index (κ3) is 3.10. The van der Waals surface area contributed by atoms with Gasteiger partial charge in [0.2, 0.25) is 0 Å². The molecule has 0 unspecified atom stereocenters. The van der Waals surface area contributed by atoms with E-state index in [-0.39, 0.29) is 22.9 Å². The van der Waals surface area contributed by atoms with E-state index in [0.29, 0.717) is 22.7 Å². The fraction of sp³-hybridized carbons (Fsp3) is 0.292. The summed E-state index contributed by atoms with van der Waals surface area (Å²) in [4.78, 5) is 29.0. The number of H-pyrrole nitrogens is 1. The maximum atomic E-state index is 12.6. The Bertz CT molecular complexity index is 1350. The van der Waals surface area contributed by atoms with Crippen molar-refractivity contribution >= 4 is 16.7 Å². The van der Waals surface area contributed by atoms with Gasteiger partial charge in [-0.3, -0.25) is 9.59 Å². The van der Waals surface area contributed by atoms with E-state index in [9.17, 15) is 9.59 Å². The summed E-state index contributed by atoms with van der Waals surface area (Å²) in [6, 6.07) is 13.2. The highest BCUT2D eigenvalue weighted by atomic mass is 16.1. The Hall–Kier alpha value is -3.81. The van der Waals surface area contributed by atoms with Crippen molar-refractivity contribution in [3.05, 3.63) is 82.7 Å². The van der Waals surface area contributed by atoms with E-state index in [2.05, 4.69) is 25.6 Å². The molecule has 2 fully saturated rings. The Morgan fingerprint density at radius 3 is 2.59 bits per heavy atom. The summed E-state index contributed by atoms with van der Waals surface area (Å²) in [6.07, 6.45) is 9.14. The van der Waals surface area contributed by atoms with Crippen LogP contribution in [0.1, 0.15) is 47.7 Å². The zero-order chi connectivity index (χ0) is 21.7. The SMILES string of the molecule is O=C(NC1CC2(C1)CC(c1n[nH]c(=O)c3ccccc13)C2)c1ccc(-n2cccn2)nc1. The van der Waals surface area contributed by atoms with E-state index in [1.54, 1.807) is 29.2 Å². The lowest BCUT2D eigenvalue weighted by Crippen LogP contribution is -2.55. The van der Waals surface area contributed by atoms with E-state index in [1.807, 2.05) is 36.5 Å². The second-order valence-electron chi connectivity index (χ2n) is 9.02. The van der Waals surface area contributed by atoms with Gasteiger partial charge in [0.1, 0.15) is 0 Å². The van der Waals surface area contributed by atoms with Crippen LogP contribution in [-0.4, -0.2) is 36.9 Å². The smallest absolute Gasteiger partial charge is 0.272 e. The Kier molecular flexibility index (Phi) is 4.21. The molecule has 0 saturated heterocycles. The predicted octanol–water partition coefficient (Wildman–Crippen LogP) is 2.96. The van der Waals surface area contributed by atoms with Crippen LogP contribution in [0.25, 0.3) is 16.6 Å². The van der Waals surface area contributed by atoms with Crippen LogP contribution in [0.5, 0.6) is 0 Å². The summed E-state index contributed by atoms with van der Waals surface area (Å²) in [5.74, 6) is 0.944. The molecule has 3 heterocycles. The fourth-order valence-electron chi connectivity index (χ4n) is 5.38. The minimum atomic E-state index is -0.142. The largest absolute Gasteiger partial charge is 0.349 e. The van der Waals surface area contributed by atoms with Gasteiger partial charge in [-0.15, -0.1) is 0 Å². The molecule has 2 N–H and O–H groups in total. The van der Waals surface area contributed by atoms with Crippen LogP contribution in [0.4, 0.5) is 0 Å². The quantitative estimate of drug-likeness (QED) is 0.522. The maximum Gasteiger partial charge on any atom is 0.272 e. The Labute approximate surface area is 183 Å². The van der Waals surface area contributed by atoms with Gasteiger partial charge in [-0.2, -0.15) is 10.2 Å². The lowest BCUT2D eigenvalue weighted by atomic mass is 9.49. The molecule has 2 aliphatic rings. The monoisotopic (exact) mass is 426 g/mol. The van der Waals surface area contributed by atoms with Crippen molar-refractivity contribution in [2.24, 2.45) is 5.41 Å². The normalized spacial score (nSPS) is 24.1. The molecule has 2 saturated carbocycles. The lowest BCUT2D eigenvalue weighted by molar-refractivity contribution is -0.0196. The van der Waals surface area contributed by atoms with E-state index in [0.717, 1.165) is 36.8 Å². The summed E-state index contributed by atoms with van der Waals surface area (Å²) in [7, 11) is 0. The van der Waals surface area contributed by atoms with Gasteiger partial charge in [-0.25, -0.2) is 14.8 Å². The van der Waals surface area contributed by atoms with Crippen molar-refractivity contribution in [1.29, 1.82) is 0 Å². The highest BCUT2D eigenvalue weighted by molar-refractivity contribution is 5.94. The first-order valence-electron chi connectivity index (χ1n) is 10.8. The first-order chi connectivity index (χ1) is 15.6. The van der Waals surface area contributed by atoms with Crippen molar-refractivity contribution in [2.45, 2.75) is 37.6 Å². The topological polar surface area (TPSA) is 106 Å². The van der Waals surface area contributed by atoms with Crippen LogP contribution >= 0.6 is 0 Å². The Balaban J connectivity index is 1.07. The van der Waals surface area contributed by atoms with Gasteiger partial charge in [0, 0.05) is 35.9 Å². The predicted molar refractivity (Wildman–Crippen MR) is 119 cm³/mol. The fourth-order valence-corrected chi connectivity index (χ4v) is 5.38. The van der Waals surface area contributed by atoms with Gasteiger partial charge in [0.15, 0.2) is 5.82 Å². The standard InChI is InChI=1S/C24H22N6O2/c31-22(15-6-7-20(25-14-15)30-9-3-8-26-30)27-17-12-24(13-17)10-16(11-24)21-18-4-1-2-5-19(18)23(32)29-28-21/h1-9,14,16-17H,10-13H2,(H,27,31)(H,29,32). The molecule has 2 aliphatic carbocycles. The number of nitrogens with one attached hydrogen (secondary N) is 2. The molecule has 160 valence electrons. The zero-order valence-electron chi connectivity index (χ0n) is 17.4. The van der Waals surface area contributed by atoms with Crippen LogP contribution in [0.2, 0.25) is 0 Å². The number of aromatic amines is 1. The molecule has 8 nitrogen and oxygen atoms in total. The zero-order valence-corrected chi connectivity index (χ0v) is 17.4. The van der Waals surface area contributed by atoms with Crippen molar-refractivity contribution in [2.75, 3.05) is 0 Å². The second kappa shape index (κ2) is 7.12. The first-order valence-corrected chi connectivity index (χ1v) is 10.8. The van der Waals surface area contributed by atoms with E-state index >= 15 is 0 Å². The van der Waals surface area contributed by atoms with Crippen LogP contribution in [0, 0.1) is 5.41 Å². The minimum Gasteiger partial charge on any atom is -0.349 e. The number of rotatable bonds is 4. The molecule has 1 aromatic carbocycles. The third-order valence-corrected chi connectivity index (χ3v) is 6.91. The highest BCUT2D eigenvalue weighted by Gasteiger charge is 2.54. The third-order valence-electron chi connectivity index (χ3n) is 6.91. The molecule has 1 amide bonds.